The Hall–Kier alpha value is -4.34. The number of nitrogens with two attached hydrogens (primary N) is 2. The number of fused-ring (bicyclic) bond motifs is 2. The van der Waals surface area contributed by atoms with Crippen LogP contribution in [0, 0.1) is 0 Å². The van der Waals surface area contributed by atoms with Crippen LogP contribution in [0.2, 0.25) is 0 Å². The standard InChI is InChI=1S/C46H50N8O4S6/c1-4-6-20-63(57)45-38(47)36-32(24-34(52-42(36)60-45)41-50-16-19-59-41)29-13-11-28(12-14-29)26-54(3)27-62-22-17-51-44(62)35-25-33(30-9-8-10-31(23-30)40(56)49-15-18-55)37-39(48)46(61-43(37)53-35)64(58)21-7-5-2/h8-14,16-17,19,22-25,55,62H,4-7,15,18,20-21,26-27,47-48H2,1-3H3,(H,49,56). The quantitative estimate of drug-likeness (QED) is 0.0384. The van der Waals surface area contributed by atoms with Gasteiger partial charge in [0.1, 0.15) is 48.3 Å². The van der Waals surface area contributed by atoms with Crippen LogP contribution in [0.15, 0.2) is 97.3 Å². The molecule has 5 aromatic heterocycles. The van der Waals surface area contributed by atoms with Gasteiger partial charge in [0.25, 0.3) is 5.91 Å². The van der Waals surface area contributed by atoms with Crippen LogP contribution in [0.3, 0.4) is 0 Å². The molecule has 7 aromatic rings. The van der Waals surface area contributed by atoms with Crippen molar-refractivity contribution in [2.24, 2.45) is 4.99 Å². The van der Waals surface area contributed by atoms with E-state index in [2.05, 4.69) is 65.8 Å². The van der Waals surface area contributed by atoms with E-state index in [1.807, 2.05) is 41.9 Å². The van der Waals surface area contributed by atoms with E-state index < -0.39 is 33.2 Å². The molecule has 0 saturated carbocycles. The summed E-state index contributed by atoms with van der Waals surface area (Å²) in [7, 11) is 1.22. The van der Waals surface area contributed by atoms with E-state index in [4.69, 9.17) is 26.4 Å². The first-order valence-corrected chi connectivity index (χ1v) is 27.7. The molecule has 18 heteroatoms. The molecular formula is C46H50N8O4S6. The second kappa shape index (κ2) is 20.9. The smallest absolute Gasteiger partial charge is 0.251 e. The van der Waals surface area contributed by atoms with Crippen LogP contribution < -0.4 is 16.8 Å². The fourth-order valence-electron chi connectivity index (χ4n) is 7.47. The lowest BCUT2D eigenvalue weighted by Gasteiger charge is -2.24. The highest BCUT2D eigenvalue weighted by Gasteiger charge is 2.28. The molecule has 1 aliphatic rings. The number of amides is 1. The number of thiazole rings is 1. The van der Waals surface area contributed by atoms with E-state index in [1.165, 1.54) is 34.0 Å². The Balaban J connectivity index is 1.06. The summed E-state index contributed by atoms with van der Waals surface area (Å²) >= 11 is 1.82. The molecular weight excluding hydrogens is 921 g/mol. The average Bonchev–Trinajstić information content (AvgIpc) is 4.14. The minimum atomic E-state index is -1.28. The third-order valence-corrected chi connectivity index (χ3v) is 19.6. The first kappa shape index (κ1) is 46.2. The van der Waals surface area contributed by atoms with Crippen molar-refractivity contribution in [3.8, 4) is 33.0 Å². The minimum absolute atomic E-state index is 0.146. The predicted molar refractivity (Wildman–Crippen MR) is 273 cm³/mol. The van der Waals surface area contributed by atoms with Crippen LogP contribution in [0.4, 0.5) is 11.4 Å². The maximum atomic E-state index is 13.5. The molecule has 3 unspecified atom stereocenters. The Kier molecular flexibility index (Phi) is 15.1. The molecule has 0 aliphatic carbocycles. The number of nitrogens with one attached hydrogen (secondary N) is 1. The highest BCUT2D eigenvalue weighted by Crippen LogP contribution is 2.46. The number of hydrogen-bond acceptors (Lipinski definition) is 14. The minimum Gasteiger partial charge on any atom is -0.611 e. The van der Waals surface area contributed by atoms with Crippen LogP contribution in [0.1, 0.15) is 61.1 Å². The molecule has 8 rings (SSSR count). The van der Waals surface area contributed by atoms with Crippen molar-refractivity contribution in [1.82, 2.24) is 25.2 Å². The maximum absolute atomic E-state index is 13.5. The van der Waals surface area contributed by atoms with E-state index in [9.17, 15) is 19.0 Å². The number of nitrogen functional groups attached to an aromatic ring is 2. The number of anilines is 2. The van der Waals surface area contributed by atoms with Gasteiger partial charge in [0.15, 0.2) is 0 Å². The molecule has 0 radical (unpaired) electrons. The summed E-state index contributed by atoms with van der Waals surface area (Å²) in [4.78, 5) is 36.2. The van der Waals surface area contributed by atoms with Gasteiger partial charge in [-0.15, -0.1) is 11.3 Å². The van der Waals surface area contributed by atoms with E-state index >= 15 is 0 Å². The molecule has 0 bridgehead atoms. The molecule has 0 fully saturated rings. The average molecular weight is 971 g/mol. The largest absolute Gasteiger partial charge is 0.611 e. The van der Waals surface area contributed by atoms with Crippen molar-refractivity contribution >= 4 is 110 Å². The van der Waals surface area contributed by atoms with Crippen molar-refractivity contribution < 1.29 is 19.0 Å². The number of benzene rings is 2. The first-order valence-electron chi connectivity index (χ1n) is 21.0. The highest BCUT2D eigenvalue weighted by molar-refractivity contribution is 8.32. The van der Waals surface area contributed by atoms with Gasteiger partial charge in [-0.1, -0.05) is 85.8 Å². The second-order valence-electron chi connectivity index (χ2n) is 15.4. The molecule has 6 N–H and O–H groups in total. The molecule has 2 aromatic carbocycles. The Morgan fingerprint density at radius 1 is 0.875 bits per heavy atom. The molecule has 1 aliphatic heterocycles. The summed E-state index contributed by atoms with van der Waals surface area (Å²) in [6, 6.07) is 19.9. The number of hydrogen-bond donors (Lipinski definition) is 5. The monoisotopic (exact) mass is 970 g/mol. The van der Waals surface area contributed by atoms with Crippen LogP contribution in [-0.2, 0) is 28.9 Å². The summed E-state index contributed by atoms with van der Waals surface area (Å²) in [5.74, 6) is 1.52. The third kappa shape index (κ3) is 9.91. The van der Waals surface area contributed by atoms with E-state index in [0.717, 1.165) is 85.3 Å². The molecule has 1 amide bonds. The summed E-state index contributed by atoms with van der Waals surface area (Å²) in [6.45, 7) is 4.84. The molecule has 3 atom stereocenters. The Morgan fingerprint density at radius 2 is 1.52 bits per heavy atom. The number of thiol groups is 1. The number of aliphatic imine (C=N–C) groups is 1. The molecule has 0 spiro atoms. The van der Waals surface area contributed by atoms with Gasteiger partial charge in [-0.05, 0) is 99.7 Å². The number of unbranched alkanes of at least 4 members (excludes halogenated alkanes) is 2. The summed E-state index contributed by atoms with van der Waals surface area (Å²) < 4.78 is 28.1. The van der Waals surface area contributed by atoms with Gasteiger partial charge in [-0.3, -0.25) is 9.69 Å². The number of carbonyl (C=O) groups is 1. The SMILES string of the molecule is CCCC[S+]([O-])c1sc2nc(C3=NC=C[SH]3CN(C)Cc3ccc(-c4cc(-c5nccs5)nc5sc([S+]([O-])CCCC)c(N)c45)cc3)cc(-c3cccc(C(=O)NCCO)c3)c2c1N. The fourth-order valence-corrected chi connectivity index (χ4v) is 15.5. The Labute approximate surface area is 393 Å². The van der Waals surface area contributed by atoms with Gasteiger partial charge in [-0.25, -0.2) is 19.9 Å². The summed E-state index contributed by atoms with van der Waals surface area (Å²) in [5.41, 5.74) is 21.1. The third-order valence-electron chi connectivity index (χ3n) is 10.7. The van der Waals surface area contributed by atoms with Crippen molar-refractivity contribution in [2.45, 2.75) is 54.5 Å². The van der Waals surface area contributed by atoms with Gasteiger partial charge in [0.2, 0.25) is 8.42 Å². The number of carbonyl (C=O) groups excluding carboxylic acids is 1. The molecule has 6 heterocycles. The van der Waals surface area contributed by atoms with E-state index in [1.54, 1.807) is 12.3 Å². The van der Waals surface area contributed by atoms with E-state index in [-0.39, 0.29) is 19.1 Å². The van der Waals surface area contributed by atoms with Gasteiger partial charge in [0.05, 0.1) is 12.3 Å². The molecule has 64 heavy (non-hydrogen) atoms. The topological polar surface area (TPSA) is 202 Å². The van der Waals surface area contributed by atoms with Gasteiger partial charge >= 0.3 is 0 Å². The Bertz CT molecular complexity index is 2830. The number of nitrogens with zero attached hydrogens (tertiary/aromatic N) is 5. The van der Waals surface area contributed by atoms with Crippen LogP contribution >= 0.6 is 44.9 Å². The zero-order valence-electron chi connectivity index (χ0n) is 35.7. The molecule has 334 valence electrons. The number of aliphatic hydroxyl groups excluding tert-OH is 1. The molecule has 12 nitrogen and oxygen atoms in total. The summed E-state index contributed by atoms with van der Waals surface area (Å²) in [6.07, 6.45) is 7.19. The van der Waals surface area contributed by atoms with Gasteiger partial charge < -0.3 is 31.0 Å². The maximum Gasteiger partial charge on any atom is 0.251 e. The van der Waals surface area contributed by atoms with Gasteiger partial charge in [-0.2, -0.15) is 10.9 Å². The van der Waals surface area contributed by atoms with Gasteiger partial charge in [0, 0.05) is 53.1 Å². The normalized spacial score (nSPS) is 15.4. The summed E-state index contributed by atoms with van der Waals surface area (Å²) in [5, 5.41) is 19.3. The number of thiophene rings is 2. The van der Waals surface area contributed by atoms with E-state index in [0.29, 0.717) is 59.3 Å². The lowest BCUT2D eigenvalue weighted by molar-refractivity contribution is 0.0944. The van der Waals surface area contributed by atoms with Crippen molar-refractivity contribution in [3.63, 3.8) is 0 Å². The van der Waals surface area contributed by atoms with Crippen molar-refractivity contribution in [3.05, 3.63) is 101 Å². The lowest BCUT2D eigenvalue weighted by Crippen LogP contribution is -2.26. The number of aliphatic hydroxyl groups is 1. The zero-order valence-corrected chi connectivity index (χ0v) is 40.7. The predicted octanol–water partition coefficient (Wildman–Crippen LogP) is 9.39. The Morgan fingerprint density at radius 3 is 2.14 bits per heavy atom. The number of rotatable bonds is 19. The number of aromatic nitrogens is 3. The second-order valence-corrected chi connectivity index (χ2v) is 23.7. The van der Waals surface area contributed by atoms with Crippen LogP contribution in [-0.4, -0.2) is 82.6 Å². The van der Waals surface area contributed by atoms with Crippen molar-refractivity contribution in [2.75, 3.05) is 49.0 Å². The van der Waals surface area contributed by atoms with Crippen LogP contribution in [0.25, 0.3) is 53.4 Å². The zero-order chi connectivity index (χ0) is 44.9. The lowest BCUT2D eigenvalue weighted by atomic mass is 9.99. The van der Waals surface area contributed by atoms with Crippen molar-refractivity contribution in [1.29, 1.82) is 0 Å². The molecule has 0 saturated heterocycles. The number of pyridine rings is 2. The highest BCUT2D eigenvalue weighted by atomic mass is 32.2. The first-order chi connectivity index (χ1) is 31.1. The van der Waals surface area contributed by atoms with Crippen LogP contribution in [0.5, 0.6) is 0 Å². The fraction of sp³-hybridized carbons (Fsp3) is 0.283.